The average molecular weight is 406 g/mol. The van der Waals surface area contributed by atoms with E-state index in [1.54, 1.807) is 29.2 Å². The first-order valence-electron chi connectivity index (χ1n) is 9.19. The van der Waals surface area contributed by atoms with Crippen molar-refractivity contribution in [2.45, 2.75) is 18.2 Å². The van der Waals surface area contributed by atoms with Crippen molar-refractivity contribution in [2.75, 3.05) is 32.8 Å². The zero-order chi connectivity index (χ0) is 20.1. The maximum Gasteiger partial charge on any atom is 0.253 e. The van der Waals surface area contributed by atoms with Gasteiger partial charge in [-0.2, -0.15) is 4.31 Å². The van der Waals surface area contributed by atoms with Gasteiger partial charge in [0.2, 0.25) is 10.0 Å². The molecule has 1 heterocycles. The first-order valence-corrected chi connectivity index (χ1v) is 10.6. The van der Waals surface area contributed by atoms with Crippen LogP contribution < -0.4 is 4.74 Å². The van der Waals surface area contributed by atoms with Gasteiger partial charge in [0.25, 0.3) is 5.91 Å². The van der Waals surface area contributed by atoms with Gasteiger partial charge in [0.15, 0.2) is 0 Å². The number of ether oxygens (including phenoxy) is 1. The Kier molecular flexibility index (Phi) is 6.31. The number of sulfonamides is 1. The standard InChI is InChI=1S/C20H23FN2O4S/c1-2-14-27-18-8-6-16(7-9-18)20(24)22-10-12-23(13-11-22)28(25,26)19-5-3-4-17(21)15-19/h3-9,15H,2,10-14H2,1H3. The molecule has 150 valence electrons. The van der Waals surface area contributed by atoms with Crippen molar-refractivity contribution in [3.05, 3.63) is 59.9 Å². The number of halogens is 1. The molecule has 2 aromatic rings. The molecule has 0 aromatic heterocycles. The summed E-state index contributed by atoms with van der Waals surface area (Å²) in [6.07, 6.45) is 0.906. The maximum atomic E-state index is 13.4. The molecular formula is C20H23FN2O4S. The Morgan fingerprint density at radius 1 is 1.07 bits per heavy atom. The monoisotopic (exact) mass is 406 g/mol. The maximum absolute atomic E-state index is 13.4. The minimum atomic E-state index is -3.77. The van der Waals surface area contributed by atoms with Gasteiger partial charge < -0.3 is 9.64 Å². The smallest absolute Gasteiger partial charge is 0.253 e. The van der Waals surface area contributed by atoms with Crippen molar-refractivity contribution in [1.82, 2.24) is 9.21 Å². The molecule has 0 unspecified atom stereocenters. The summed E-state index contributed by atoms with van der Waals surface area (Å²) in [5.41, 5.74) is 0.533. The summed E-state index contributed by atoms with van der Waals surface area (Å²) in [6, 6.07) is 11.9. The third-order valence-electron chi connectivity index (χ3n) is 4.53. The Morgan fingerprint density at radius 2 is 1.75 bits per heavy atom. The molecule has 0 aliphatic carbocycles. The molecular weight excluding hydrogens is 383 g/mol. The van der Waals surface area contributed by atoms with E-state index < -0.39 is 15.8 Å². The second kappa shape index (κ2) is 8.70. The summed E-state index contributed by atoms with van der Waals surface area (Å²) in [4.78, 5) is 14.2. The normalized spacial score (nSPS) is 15.4. The lowest BCUT2D eigenvalue weighted by Crippen LogP contribution is -2.50. The fourth-order valence-electron chi connectivity index (χ4n) is 3.00. The van der Waals surface area contributed by atoms with Gasteiger partial charge in [-0.15, -0.1) is 0 Å². The van der Waals surface area contributed by atoms with E-state index in [-0.39, 0.29) is 37.0 Å². The third-order valence-corrected chi connectivity index (χ3v) is 6.43. The second-order valence-electron chi connectivity index (χ2n) is 6.53. The number of carbonyl (C=O) groups is 1. The van der Waals surface area contributed by atoms with Gasteiger partial charge in [-0.25, -0.2) is 12.8 Å². The molecule has 6 nitrogen and oxygen atoms in total. The largest absolute Gasteiger partial charge is 0.494 e. The van der Waals surface area contributed by atoms with Gasteiger partial charge in [0.05, 0.1) is 11.5 Å². The van der Waals surface area contributed by atoms with Crippen molar-refractivity contribution in [2.24, 2.45) is 0 Å². The average Bonchev–Trinajstić information content (AvgIpc) is 2.72. The number of amides is 1. The molecule has 8 heteroatoms. The Labute approximate surface area is 164 Å². The Morgan fingerprint density at radius 3 is 2.36 bits per heavy atom. The lowest BCUT2D eigenvalue weighted by atomic mass is 10.2. The highest BCUT2D eigenvalue weighted by Gasteiger charge is 2.30. The molecule has 0 atom stereocenters. The summed E-state index contributed by atoms with van der Waals surface area (Å²) in [6.45, 7) is 3.54. The van der Waals surface area contributed by atoms with Crippen LogP contribution in [0.15, 0.2) is 53.4 Å². The van der Waals surface area contributed by atoms with Crippen LogP contribution in [0.5, 0.6) is 5.75 Å². The molecule has 28 heavy (non-hydrogen) atoms. The van der Waals surface area contributed by atoms with Crippen LogP contribution in [0.3, 0.4) is 0 Å². The summed E-state index contributed by atoms with van der Waals surface area (Å²) in [5.74, 6) is -0.0319. The molecule has 0 spiro atoms. The van der Waals surface area contributed by atoms with Crippen LogP contribution >= 0.6 is 0 Å². The van der Waals surface area contributed by atoms with Crippen LogP contribution in [-0.2, 0) is 10.0 Å². The minimum absolute atomic E-state index is 0.0741. The number of rotatable bonds is 6. The topological polar surface area (TPSA) is 66.9 Å². The second-order valence-corrected chi connectivity index (χ2v) is 8.46. The van der Waals surface area contributed by atoms with Crippen LogP contribution in [0.25, 0.3) is 0 Å². The van der Waals surface area contributed by atoms with E-state index in [0.717, 1.165) is 12.5 Å². The lowest BCUT2D eigenvalue weighted by molar-refractivity contribution is 0.0698. The summed E-state index contributed by atoms with van der Waals surface area (Å²) in [7, 11) is -3.77. The number of benzene rings is 2. The molecule has 1 aliphatic heterocycles. The Balaban J connectivity index is 1.62. The number of piperazine rings is 1. The van der Waals surface area contributed by atoms with E-state index in [1.807, 2.05) is 6.92 Å². The van der Waals surface area contributed by atoms with E-state index in [4.69, 9.17) is 4.74 Å². The zero-order valence-electron chi connectivity index (χ0n) is 15.7. The van der Waals surface area contributed by atoms with Crippen molar-refractivity contribution in [3.63, 3.8) is 0 Å². The molecule has 0 N–H and O–H groups in total. The highest BCUT2D eigenvalue weighted by atomic mass is 32.2. The van der Waals surface area contributed by atoms with Crippen LogP contribution in [-0.4, -0.2) is 56.3 Å². The van der Waals surface area contributed by atoms with Gasteiger partial charge in [-0.1, -0.05) is 13.0 Å². The number of carbonyl (C=O) groups excluding carboxylic acids is 1. The molecule has 0 saturated carbocycles. The molecule has 1 fully saturated rings. The predicted molar refractivity (Wildman–Crippen MR) is 103 cm³/mol. The van der Waals surface area contributed by atoms with E-state index in [0.29, 0.717) is 17.9 Å². The van der Waals surface area contributed by atoms with Crippen LogP contribution in [0, 0.1) is 5.82 Å². The molecule has 1 aliphatic rings. The predicted octanol–water partition coefficient (Wildman–Crippen LogP) is 2.76. The summed E-state index contributed by atoms with van der Waals surface area (Å²) >= 11 is 0. The first kappa shape index (κ1) is 20.3. The van der Waals surface area contributed by atoms with Crippen LogP contribution in [0.2, 0.25) is 0 Å². The SMILES string of the molecule is CCCOc1ccc(C(=O)N2CCN(S(=O)(=O)c3cccc(F)c3)CC2)cc1. The van der Waals surface area contributed by atoms with Gasteiger partial charge in [0, 0.05) is 31.7 Å². The van der Waals surface area contributed by atoms with Crippen LogP contribution in [0.4, 0.5) is 4.39 Å². The van der Waals surface area contributed by atoms with E-state index in [9.17, 15) is 17.6 Å². The highest BCUT2D eigenvalue weighted by molar-refractivity contribution is 7.89. The molecule has 1 saturated heterocycles. The fourth-order valence-corrected chi connectivity index (χ4v) is 4.46. The molecule has 2 aromatic carbocycles. The highest BCUT2D eigenvalue weighted by Crippen LogP contribution is 2.20. The minimum Gasteiger partial charge on any atom is -0.494 e. The van der Waals surface area contributed by atoms with Gasteiger partial charge in [-0.3, -0.25) is 4.79 Å². The van der Waals surface area contributed by atoms with Gasteiger partial charge in [-0.05, 0) is 48.9 Å². The van der Waals surface area contributed by atoms with E-state index in [1.165, 1.54) is 22.5 Å². The van der Waals surface area contributed by atoms with Crippen LogP contribution in [0.1, 0.15) is 23.7 Å². The number of nitrogens with zero attached hydrogens (tertiary/aromatic N) is 2. The number of hydrogen-bond acceptors (Lipinski definition) is 4. The lowest BCUT2D eigenvalue weighted by Gasteiger charge is -2.34. The Hall–Kier alpha value is -2.45. The number of hydrogen-bond donors (Lipinski definition) is 0. The van der Waals surface area contributed by atoms with E-state index in [2.05, 4.69) is 0 Å². The van der Waals surface area contributed by atoms with Gasteiger partial charge in [0.1, 0.15) is 11.6 Å². The summed E-state index contributed by atoms with van der Waals surface area (Å²) in [5, 5.41) is 0. The van der Waals surface area contributed by atoms with Crippen molar-refractivity contribution >= 4 is 15.9 Å². The van der Waals surface area contributed by atoms with Crippen molar-refractivity contribution < 1.29 is 22.3 Å². The molecule has 1 amide bonds. The fraction of sp³-hybridized carbons (Fsp3) is 0.350. The third kappa shape index (κ3) is 4.51. The molecule has 0 bridgehead atoms. The van der Waals surface area contributed by atoms with E-state index >= 15 is 0 Å². The van der Waals surface area contributed by atoms with Crippen molar-refractivity contribution in [1.29, 1.82) is 0 Å². The molecule has 3 rings (SSSR count). The first-order chi connectivity index (χ1) is 13.4. The Bertz CT molecular complexity index is 923. The van der Waals surface area contributed by atoms with Gasteiger partial charge >= 0.3 is 0 Å². The zero-order valence-corrected chi connectivity index (χ0v) is 16.5. The summed E-state index contributed by atoms with van der Waals surface area (Å²) < 4.78 is 45.5. The van der Waals surface area contributed by atoms with Crippen molar-refractivity contribution in [3.8, 4) is 5.75 Å². The quantitative estimate of drug-likeness (QED) is 0.740. The molecule has 0 radical (unpaired) electrons.